The van der Waals surface area contributed by atoms with Gasteiger partial charge in [0.05, 0.1) is 5.56 Å². The van der Waals surface area contributed by atoms with E-state index in [1.165, 1.54) is 12.8 Å². The summed E-state index contributed by atoms with van der Waals surface area (Å²) in [5.74, 6) is 0.862. The van der Waals surface area contributed by atoms with Gasteiger partial charge in [-0.3, -0.25) is 9.89 Å². The second-order valence-corrected chi connectivity index (χ2v) is 5.94. The van der Waals surface area contributed by atoms with Crippen molar-refractivity contribution in [1.82, 2.24) is 20.1 Å². The van der Waals surface area contributed by atoms with Crippen LogP contribution in [0.2, 0.25) is 0 Å². The van der Waals surface area contributed by atoms with E-state index in [0.717, 1.165) is 42.9 Å². The highest BCUT2D eigenvalue weighted by Gasteiger charge is 2.21. The number of H-pyrrole nitrogens is 1. The van der Waals surface area contributed by atoms with Crippen molar-refractivity contribution in [2.24, 2.45) is 5.92 Å². The maximum absolute atomic E-state index is 12.7. The fourth-order valence-electron chi connectivity index (χ4n) is 3.10. The van der Waals surface area contributed by atoms with Crippen LogP contribution in [0.3, 0.4) is 0 Å². The third-order valence-corrected chi connectivity index (χ3v) is 4.56. The Labute approximate surface area is 124 Å². The Hall–Kier alpha value is -1.91. The van der Waals surface area contributed by atoms with Crippen molar-refractivity contribution in [2.75, 3.05) is 13.1 Å². The highest BCUT2D eigenvalue weighted by Crippen LogP contribution is 2.22. The van der Waals surface area contributed by atoms with Crippen LogP contribution in [0.1, 0.15) is 48.7 Å². The molecule has 1 saturated heterocycles. The van der Waals surface area contributed by atoms with Crippen LogP contribution in [-0.4, -0.2) is 39.1 Å². The molecule has 1 aliphatic heterocycles. The minimum atomic E-state index is 0.0988. The molecule has 5 heteroatoms. The quantitative estimate of drug-likeness (QED) is 0.923. The predicted octanol–water partition coefficient (Wildman–Crippen LogP) is 2.92. The summed E-state index contributed by atoms with van der Waals surface area (Å²) >= 11 is 0. The minimum Gasteiger partial charge on any atom is -0.339 e. The van der Waals surface area contributed by atoms with Gasteiger partial charge in [-0.05, 0) is 38.2 Å². The lowest BCUT2D eigenvalue weighted by Gasteiger charge is -2.20. The van der Waals surface area contributed by atoms with Gasteiger partial charge in [-0.15, -0.1) is 0 Å². The normalized spacial score (nSPS) is 19.7. The summed E-state index contributed by atoms with van der Waals surface area (Å²) in [5.41, 5.74) is 2.29. The average Bonchev–Trinajstić information content (AvgIpc) is 2.74. The van der Waals surface area contributed by atoms with Crippen molar-refractivity contribution in [1.29, 1.82) is 0 Å². The van der Waals surface area contributed by atoms with Gasteiger partial charge in [-0.25, -0.2) is 4.98 Å². The number of aromatic amines is 1. The first-order chi connectivity index (χ1) is 10.2. The molecule has 1 unspecified atom stereocenters. The van der Waals surface area contributed by atoms with Gasteiger partial charge < -0.3 is 4.90 Å². The molecule has 2 aromatic rings. The van der Waals surface area contributed by atoms with Gasteiger partial charge in [0.1, 0.15) is 0 Å². The maximum Gasteiger partial charge on any atom is 0.255 e. The molecule has 0 saturated carbocycles. The Morgan fingerprint density at radius 2 is 2.29 bits per heavy atom. The fourth-order valence-corrected chi connectivity index (χ4v) is 3.10. The first-order valence-corrected chi connectivity index (χ1v) is 7.79. The maximum atomic E-state index is 12.7. The molecule has 0 aromatic carbocycles. The molecule has 1 aliphatic rings. The number of aromatic nitrogens is 3. The molecular weight excluding hydrogens is 264 g/mol. The van der Waals surface area contributed by atoms with Crippen molar-refractivity contribution in [3.05, 3.63) is 23.5 Å². The van der Waals surface area contributed by atoms with Gasteiger partial charge in [0.25, 0.3) is 5.91 Å². The summed E-state index contributed by atoms with van der Waals surface area (Å²) in [6.07, 6.45) is 6.31. The van der Waals surface area contributed by atoms with Crippen LogP contribution in [0.25, 0.3) is 11.0 Å². The lowest BCUT2D eigenvalue weighted by molar-refractivity contribution is 0.0759. The number of pyridine rings is 1. The number of likely N-dealkylation sites (tertiary alicyclic amines) is 1. The highest BCUT2D eigenvalue weighted by atomic mass is 16.2. The smallest absolute Gasteiger partial charge is 0.255 e. The Bertz CT molecular complexity index is 649. The zero-order chi connectivity index (χ0) is 14.8. The number of amides is 1. The Kier molecular flexibility index (Phi) is 3.90. The molecule has 1 N–H and O–H groups in total. The molecule has 0 spiro atoms. The van der Waals surface area contributed by atoms with E-state index in [1.807, 2.05) is 17.9 Å². The lowest BCUT2D eigenvalue weighted by Crippen LogP contribution is -2.32. The van der Waals surface area contributed by atoms with Gasteiger partial charge in [-0.1, -0.05) is 13.3 Å². The van der Waals surface area contributed by atoms with E-state index >= 15 is 0 Å². The number of carbonyl (C=O) groups excluding carboxylic acids is 1. The van der Waals surface area contributed by atoms with Crippen LogP contribution < -0.4 is 0 Å². The first-order valence-electron chi connectivity index (χ1n) is 7.79. The monoisotopic (exact) mass is 286 g/mol. The number of nitrogens with one attached hydrogen (secondary N) is 1. The first kappa shape index (κ1) is 14.0. The van der Waals surface area contributed by atoms with E-state index in [-0.39, 0.29) is 5.91 Å². The summed E-state index contributed by atoms with van der Waals surface area (Å²) in [4.78, 5) is 18.9. The van der Waals surface area contributed by atoms with Crippen LogP contribution in [0.4, 0.5) is 0 Å². The SMILES string of the molecule is CCC1CCCN(C(=O)c2cnc3n[nH]c(C)c3c2)CC1. The number of nitrogens with zero attached hydrogens (tertiary/aromatic N) is 3. The summed E-state index contributed by atoms with van der Waals surface area (Å²) in [6, 6.07) is 1.91. The number of carbonyl (C=O) groups is 1. The molecule has 1 atom stereocenters. The van der Waals surface area contributed by atoms with Gasteiger partial charge in [-0.2, -0.15) is 5.10 Å². The molecule has 1 fully saturated rings. The molecule has 112 valence electrons. The molecule has 0 aliphatic carbocycles. The van der Waals surface area contributed by atoms with Gasteiger partial charge in [0.2, 0.25) is 0 Å². The topological polar surface area (TPSA) is 61.9 Å². The number of rotatable bonds is 2. The van der Waals surface area contributed by atoms with Crippen molar-refractivity contribution in [3.8, 4) is 0 Å². The van der Waals surface area contributed by atoms with Crippen LogP contribution in [0.5, 0.6) is 0 Å². The second kappa shape index (κ2) is 5.84. The molecule has 2 aromatic heterocycles. The molecule has 21 heavy (non-hydrogen) atoms. The highest BCUT2D eigenvalue weighted by molar-refractivity contribution is 5.97. The molecular formula is C16H22N4O. The molecule has 1 amide bonds. The second-order valence-electron chi connectivity index (χ2n) is 5.94. The van der Waals surface area contributed by atoms with Gasteiger partial charge in [0, 0.05) is 30.4 Å². The molecule has 0 bridgehead atoms. The standard InChI is InChI=1S/C16H22N4O/c1-3-12-5-4-7-20(8-6-12)16(21)13-9-14-11(2)18-19-15(14)17-10-13/h9-10,12H,3-8H2,1-2H3,(H,17,18,19). The third kappa shape index (κ3) is 2.77. The number of hydrogen-bond donors (Lipinski definition) is 1. The minimum absolute atomic E-state index is 0.0988. The molecule has 3 heterocycles. The van der Waals surface area contributed by atoms with Crippen LogP contribution in [0.15, 0.2) is 12.3 Å². The van der Waals surface area contributed by atoms with E-state index in [2.05, 4.69) is 22.1 Å². The largest absolute Gasteiger partial charge is 0.339 e. The Morgan fingerprint density at radius 3 is 3.10 bits per heavy atom. The predicted molar refractivity (Wildman–Crippen MR) is 82.2 cm³/mol. The van der Waals surface area contributed by atoms with Crippen molar-refractivity contribution >= 4 is 16.9 Å². The summed E-state index contributed by atoms with van der Waals surface area (Å²) in [5, 5.41) is 7.95. The lowest BCUT2D eigenvalue weighted by atomic mass is 9.98. The van der Waals surface area contributed by atoms with Crippen molar-refractivity contribution in [3.63, 3.8) is 0 Å². The third-order valence-electron chi connectivity index (χ3n) is 4.56. The summed E-state index contributed by atoms with van der Waals surface area (Å²) in [6.45, 7) is 5.90. The van der Waals surface area contributed by atoms with Crippen molar-refractivity contribution in [2.45, 2.75) is 39.5 Å². The zero-order valence-corrected chi connectivity index (χ0v) is 12.7. The van der Waals surface area contributed by atoms with E-state index in [4.69, 9.17) is 0 Å². The zero-order valence-electron chi connectivity index (χ0n) is 12.7. The van der Waals surface area contributed by atoms with Crippen molar-refractivity contribution < 1.29 is 4.79 Å². The van der Waals surface area contributed by atoms with E-state index < -0.39 is 0 Å². The number of fused-ring (bicyclic) bond motifs is 1. The van der Waals surface area contributed by atoms with E-state index in [1.54, 1.807) is 6.20 Å². The van der Waals surface area contributed by atoms with Crippen LogP contribution in [-0.2, 0) is 0 Å². The van der Waals surface area contributed by atoms with Gasteiger partial charge >= 0.3 is 0 Å². The Morgan fingerprint density at radius 1 is 1.43 bits per heavy atom. The molecule has 0 radical (unpaired) electrons. The average molecular weight is 286 g/mol. The number of aryl methyl sites for hydroxylation is 1. The summed E-state index contributed by atoms with van der Waals surface area (Å²) < 4.78 is 0. The van der Waals surface area contributed by atoms with Gasteiger partial charge in [0.15, 0.2) is 5.65 Å². The summed E-state index contributed by atoms with van der Waals surface area (Å²) in [7, 11) is 0. The Balaban J connectivity index is 1.81. The molecule has 5 nitrogen and oxygen atoms in total. The number of hydrogen-bond acceptors (Lipinski definition) is 3. The van der Waals surface area contributed by atoms with Crippen LogP contribution >= 0.6 is 0 Å². The van der Waals surface area contributed by atoms with E-state index in [9.17, 15) is 4.79 Å². The van der Waals surface area contributed by atoms with Crippen LogP contribution in [0, 0.1) is 12.8 Å². The van der Waals surface area contributed by atoms with E-state index in [0.29, 0.717) is 11.2 Å². The fraction of sp³-hybridized carbons (Fsp3) is 0.562. The molecule has 3 rings (SSSR count).